The van der Waals surface area contributed by atoms with Crippen LogP contribution in [-0.4, -0.2) is 44.8 Å². The van der Waals surface area contributed by atoms with E-state index in [1.165, 1.54) is 30.3 Å². The molecule has 1 aromatic rings. The largest absolute Gasteiger partial charge is 0.480 e. The fourth-order valence-corrected chi connectivity index (χ4v) is 2.62. The number of hydrogen-bond acceptors (Lipinski definition) is 5. The van der Waals surface area contributed by atoms with Gasteiger partial charge in [-0.1, -0.05) is 30.9 Å². The third-order valence-corrected chi connectivity index (χ3v) is 3.92. The zero-order valence-electron chi connectivity index (χ0n) is 11.6. The van der Waals surface area contributed by atoms with Crippen molar-refractivity contribution in [3.8, 4) is 0 Å². The first-order valence-electron chi connectivity index (χ1n) is 6.18. The average Bonchev–Trinajstić information content (AvgIpc) is 2.49. The molecule has 1 amide bonds. The average molecular weight is 328 g/mol. The summed E-state index contributed by atoms with van der Waals surface area (Å²) in [6, 6.07) is 5.77. The van der Waals surface area contributed by atoms with Crippen LogP contribution < -0.4 is 10.0 Å². The van der Waals surface area contributed by atoms with Gasteiger partial charge in [0.15, 0.2) is 0 Å². The minimum absolute atomic E-state index is 0.0423. The Labute approximate surface area is 127 Å². The summed E-state index contributed by atoms with van der Waals surface area (Å²) < 4.78 is 30.7. The van der Waals surface area contributed by atoms with Crippen LogP contribution in [0.4, 0.5) is 4.79 Å². The van der Waals surface area contributed by atoms with Gasteiger partial charge in [0, 0.05) is 6.54 Å². The molecule has 3 N–H and O–H groups in total. The molecule has 8 nitrogen and oxygen atoms in total. The number of ether oxygens (including phenoxy) is 1. The monoisotopic (exact) mass is 328 g/mol. The summed E-state index contributed by atoms with van der Waals surface area (Å²) in [6.45, 7) is 2.84. The number of carboxylic acid groups (broad SMARTS) is 1. The van der Waals surface area contributed by atoms with Crippen molar-refractivity contribution in [1.82, 2.24) is 10.0 Å². The Bertz CT molecular complexity index is 629. The van der Waals surface area contributed by atoms with E-state index in [0.29, 0.717) is 0 Å². The van der Waals surface area contributed by atoms with Crippen molar-refractivity contribution in [2.45, 2.75) is 10.9 Å². The summed E-state index contributed by atoms with van der Waals surface area (Å²) in [4.78, 5) is 22.2. The fraction of sp³-hybridized carbons (Fsp3) is 0.231. The number of rotatable bonds is 8. The van der Waals surface area contributed by atoms with Gasteiger partial charge >= 0.3 is 12.1 Å². The summed E-state index contributed by atoms with van der Waals surface area (Å²) in [5.41, 5.74) is 0. The molecule has 0 aliphatic carbocycles. The molecule has 0 saturated carbocycles. The number of carbonyl (C=O) groups is 2. The van der Waals surface area contributed by atoms with Crippen molar-refractivity contribution >= 4 is 22.1 Å². The number of carboxylic acids is 1. The molecule has 0 aromatic heterocycles. The molecular weight excluding hydrogens is 312 g/mol. The molecule has 0 aliphatic rings. The normalized spacial score (nSPS) is 12.2. The molecule has 9 heteroatoms. The van der Waals surface area contributed by atoms with Crippen LogP contribution in [-0.2, 0) is 19.6 Å². The van der Waals surface area contributed by atoms with Crippen molar-refractivity contribution in [1.29, 1.82) is 0 Å². The number of nitrogens with one attached hydrogen (secondary N) is 2. The SMILES string of the molecule is C=CCOC(=O)NC[C@H](NS(=O)(=O)c1ccccc1)C(=O)O. The molecule has 1 aromatic carbocycles. The van der Waals surface area contributed by atoms with Crippen LogP contribution in [0.15, 0.2) is 47.9 Å². The molecule has 0 spiro atoms. The summed E-state index contributed by atoms with van der Waals surface area (Å²) in [7, 11) is -4.01. The van der Waals surface area contributed by atoms with Crippen molar-refractivity contribution in [3.05, 3.63) is 43.0 Å². The summed E-state index contributed by atoms with van der Waals surface area (Å²) in [6.07, 6.45) is 0.469. The van der Waals surface area contributed by atoms with Crippen molar-refractivity contribution in [3.63, 3.8) is 0 Å². The number of amides is 1. The zero-order chi connectivity index (χ0) is 16.6. The number of benzene rings is 1. The molecule has 0 radical (unpaired) electrons. The van der Waals surface area contributed by atoms with Crippen molar-refractivity contribution in [2.75, 3.05) is 13.2 Å². The van der Waals surface area contributed by atoms with Crippen LogP contribution in [0.2, 0.25) is 0 Å². The lowest BCUT2D eigenvalue weighted by Crippen LogP contribution is -2.48. The maximum Gasteiger partial charge on any atom is 0.407 e. The second-order valence-corrected chi connectivity index (χ2v) is 5.81. The predicted octanol–water partition coefficient (Wildman–Crippen LogP) is 0.330. The van der Waals surface area contributed by atoms with Gasteiger partial charge < -0.3 is 15.2 Å². The van der Waals surface area contributed by atoms with Gasteiger partial charge in [-0.3, -0.25) is 4.79 Å². The van der Waals surface area contributed by atoms with E-state index in [0.717, 1.165) is 0 Å². The first-order valence-corrected chi connectivity index (χ1v) is 7.67. The third kappa shape index (κ3) is 5.54. The number of sulfonamides is 1. The highest BCUT2D eigenvalue weighted by Gasteiger charge is 2.25. The topological polar surface area (TPSA) is 122 Å². The van der Waals surface area contributed by atoms with Crippen LogP contribution in [0.1, 0.15) is 0 Å². The highest BCUT2D eigenvalue weighted by atomic mass is 32.2. The van der Waals surface area contributed by atoms with Crippen LogP contribution in [0.5, 0.6) is 0 Å². The maximum atomic E-state index is 12.0. The Morgan fingerprint density at radius 3 is 2.50 bits per heavy atom. The van der Waals surface area contributed by atoms with E-state index in [9.17, 15) is 18.0 Å². The van der Waals surface area contributed by atoms with Gasteiger partial charge in [0.25, 0.3) is 0 Å². The van der Waals surface area contributed by atoms with Gasteiger partial charge in [-0.25, -0.2) is 13.2 Å². The molecule has 1 atom stereocenters. The Hall–Kier alpha value is -2.39. The zero-order valence-corrected chi connectivity index (χ0v) is 12.4. The fourth-order valence-electron chi connectivity index (χ4n) is 1.41. The third-order valence-electron chi connectivity index (χ3n) is 2.43. The predicted molar refractivity (Wildman–Crippen MR) is 77.7 cm³/mol. The summed E-state index contributed by atoms with van der Waals surface area (Å²) in [5.74, 6) is -1.43. The molecule has 0 fully saturated rings. The van der Waals surface area contributed by atoms with Gasteiger partial charge in [-0.05, 0) is 12.1 Å². The van der Waals surface area contributed by atoms with Crippen LogP contribution in [0, 0.1) is 0 Å². The first-order chi connectivity index (χ1) is 10.4. The minimum Gasteiger partial charge on any atom is -0.480 e. The molecule has 22 heavy (non-hydrogen) atoms. The number of hydrogen-bond donors (Lipinski definition) is 3. The van der Waals surface area contributed by atoms with Gasteiger partial charge in [0.2, 0.25) is 10.0 Å². The number of carbonyl (C=O) groups excluding carboxylic acids is 1. The molecule has 0 unspecified atom stereocenters. The second kappa shape index (κ2) is 8.15. The Morgan fingerprint density at radius 2 is 1.95 bits per heavy atom. The standard InChI is InChI=1S/C13H16N2O6S/c1-2-8-21-13(18)14-9-11(12(16)17)15-22(19,20)10-6-4-3-5-7-10/h2-7,11,15H,1,8-9H2,(H,14,18)(H,16,17)/t11-/m0/s1. The lowest BCUT2D eigenvalue weighted by atomic mass is 10.3. The van der Waals surface area contributed by atoms with E-state index in [4.69, 9.17) is 5.11 Å². The van der Waals surface area contributed by atoms with E-state index >= 15 is 0 Å². The van der Waals surface area contributed by atoms with Crippen molar-refractivity contribution < 1.29 is 27.9 Å². The van der Waals surface area contributed by atoms with Crippen LogP contribution in [0.3, 0.4) is 0 Å². The van der Waals surface area contributed by atoms with Crippen LogP contribution >= 0.6 is 0 Å². The maximum absolute atomic E-state index is 12.0. The molecule has 0 bridgehead atoms. The Kier molecular flexibility index (Phi) is 6.54. The van der Waals surface area contributed by atoms with Gasteiger partial charge in [-0.2, -0.15) is 4.72 Å². The highest BCUT2D eigenvalue weighted by Crippen LogP contribution is 2.07. The molecule has 0 heterocycles. The minimum atomic E-state index is -4.01. The Balaban J connectivity index is 2.70. The van der Waals surface area contributed by atoms with Gasteiger partial charge in [0.05, 0.1) is 4.90 Å². The highest BCUT2D eigenvalue weighted by molar-refractivity contribution is 7.89. The lowest BCUT2D eigenvalue weighted by molar-refractivity contribution is -0.138. The van der Waals surface area contributed by atoms with E-state index < -0.39 is 34.7 Å². The lowest BCUT2D eigenvalue weighted by Gasteiger charge is -2.15. The molecule has 120 valence electrons. The number of alkyl carbamates (subject to hydrolysis) is 1. The Morgan fingerprint density at radius 1 is 1.32 bits per heavy atom. The summed E-state index contributed by atoms with van der Waals surface area (Å²) >= 11 is 0. The van der Waals surface area contributed by atoms with Crippen LogP contribution in [0.25, 0.3) is 0 Å². The van der Waals surface area contributed by atoms with E-state index in [1.807, 2.05) is 4.72 Å². The number of aliphatic carboxylic acids is 1. The van der Waals surface area contributed by atoms with E-state index in [-0.39, 0.29) is 11.5 Å². The van der Waals surface area contributed by atoms with Gasteiger partial charge in [0.1, 0.15) is 12.6 Å². The van der Waals surface area contributed by atoms with Crippen molar-refractivity contribution in [2.24, 2.45) is 0 Å². The molecule has 1 rings (SSSR count). The quantitative estimate of drug-likeness (QED) is 0.591. The van der Waals surface area contributed by atoms with E-state index in [2.05, 4.69) is 16.6 Å². The second-order valence-electron chi connectivity index (χ2n) is 4.09. The van der Waals surface area contributed by atoms with E-state index in [1.54, 1.807) is 6.07 Å². The smallest absolute Gasteiger partial charge is 0.407 e. The molecule has 0 saturated heterocycles. The molecule has 0 aliphatic heterocycles. The van der Waals surface area contributed by atoms with Gasteiger partial charge in [-0.15, -0.1) is 0 Å². The summed E-state index contributed by atoms with van der Waals surface area (Å²) in [5, 5.41) is 11.2. The first kappa shape index (κ1) is 17.7. The molecular formula is C13H16N2O6S.